The van der Waals surface area contributed by atoms with Gasteiger partial charge in [0.15, 0.2) is 17.3 Å². The van der Waals surface area contributed by atoms with Gasteiger partial charge in [-0.15, -0.1) is 0 Å². The van der Waals surface area contributed by atoms with Crippen molar-refractivity contribution in [2.45, 2.75) is 27.1 Å². The first-order chi connectivity index (χ1) is 22.4. The van der Waals surface area contributed by atoms with E-state index in [2.05, 4.69) is 75.2 Å². The summed E-state index contributed by atoms with van der Waals surface area (Å²) in [6.07, 6.45) is 1.52. The van der Waals surface area contributed by atoms with Gasteiger partial charge in [0, 0.05) is 27.1 Å². The number of benzene rings is 4. The van der Waals surface area contributed by atoms with E-state index in [1.807, 2.05) is 54.6 Å². The molecule has 0 aliphatic heterocycles. The number of carbonyl (C=O) groups is 1. The third-order valence-corrected chi connectivity index (χ3v) is 8.24. The number of hydrogen-bond acceptors (Lipinski definition) is 6. The van der Waals surface area contributed by atoms with Crippen LogP contribution in [0.4, 0.5) is 0 Å². The second kappa shape index (κ2) is 13.8. The first-order valence-electron chi connectivity index (χ1n) is 14.7. The lowest BCUT2D eigenvalue weighted by Crippen LogP contribution is -2.16. The van der Waals surface area contributed by atoms with E-state index in [9.17, 15) is 4.79 Å². The van der Waals surface area contributed by atoms with E-state index in [0.717, 1.165) is 26.5 Å². The highest BCUT2D eigenvalue weighted by atomic mass is 79.9. The van der Waals surface area contributed by atoms with Crippen molar-refractivity contribution >= 4 is 38.8 Å². The number of carbonyl (C=O) groups excluding carboxylic acids is 1. The summed E-state index contributed by atoms with van der Waals surface area (Å²) in [5.41, 5.74) is 7.67. The summed E-state index contributed by atoms with van der Waals surface area (Å²) in [4.78, 5) is 12.7. The van der Waals surface area contributed by atoms with E-state index in [1.54, 1.807) is 25.3 Å². The normalized spacial score (nSPS) is 11.2. The molecule has 0 spiro atoms. The Morgan fingerprint density at radius 2 is 1.63 bits per heavy atom. The van der Waals surface area contributed by atoms with Crippen LogP contribution in [-0.4, -0.2) is 23.8 Å². The molecule has 2 heterocycles. The van der Waals surface area contributed by atoms with Gasteiger partial charge in [-0.25, -0.2) is 5.43 Å². The molecule has 1 amide bonds. The highest BCUT2D eigenvalue weighted by Crippen LogP contribution is 2.34. The van der Waals surface area contributed by atoms with E-state index < -0.39 is 5.91 Å². The monoisotopic (exact) mass is 677 g/mol. The number of aryl methyl sites for hydroxylation is 2. The van der Waals surface area contributed by atoms with Crippen LogP contribution in [-0.2, 0) is 13.2 Å². The van der Waals surface area contributed by atoms with Crippen LogP contribution in [0.25, 0.3) is 16.5 Å². The lowest BCUT2D eigenvalue weighted by Gasteiger charge is -2.14. The maximum absolute atomic E-state index is 12.7. The lowest BCUT2D eigenvalue weighted by molar-refractivity contribution is 0.0923. The van der Waals surface area contributed by atoms with E-state index in [-0.39, 0.29) is 12.4 Å². The molecule has 232 valence electrons. The fraction of sp³-hybridized carbons (Fsp3) is 0.135. The molecule has 46 heavy (non-hydrogen) atoms. The van der Waals surface area contributed by atoms with Gasteiger partial charge in [-0.3, -0.25) is 4.79 Å². The fourth-order valence-corrected chi connectivity index (χ4v) is 5.64. The zero-order valence-corrected chi connectivity index (χ0v) is 27.2. The summed E-state index contributed by atoms with van der Waals surface area (Å²) in [5.74, 6) is 1.97. The minimum absolute atomic E-state index is 0.124. The fourth-order valence-electron chi connectivity index (χ4n) is 5.21. The molecule has 0 atom stereocenters. The molecule has 0 fully saturated rings. The standard InChI is InChI=1S/C37H32BrN3O5/c1-24-11-12-25(2)41(24)29-13-15-30(16-14-29)44-23-31-17-18-34(46-31)37(42)40-39-21-28-19-35(43-3)36(20-33(28)38)45-22-27-9-6-8-26-7-4-5-10-32(26)27/h4-21H,22-23H2,1-3H3,(H,40,42)/b39-21+. The highest BCUT2D eigenvalue weighted by molar-refractivity contribution is 9.10. The van der Waals surface area contributed by atoms with Crippen LogP contribution in [0.5, 0.6) is 17.2 Å². The van der Waals surface area contributed by atoms with Gasteiger partial charge in [0.1, 0.15) is 24.7 Å². The number of nitrogens with one attached hydrogen (secondary N) is 1. The van der Waals surface area contributed by atoms with Gasteiger partial charge < -0.3 is 23.2 Å². The topological polar surface area (TPSA) is 87.2 Å². The number of fused-ring (bicyclic) bond motifs is 1. The molecule has 8 nitrogen and oxygen atoms in total. The number of methoxy groups -OCH3 is 1. The van der Waals surface area contributed by atoms with Crippen molar-refractivity contribution in [3.05, 3.63) is 142 Å². The number of halogens is 1. The number of amides is 1. The predicted octanol–water partition coefficient (Wildman–Crippen LogP) is 8.53. The van der Waals surface area contributed by atoms with Gasteiger partial charge in [-0.2, -0.15) is 5.10 Å². The molecule has 0 aliphatic carbocycles. The van der Waals surface area contributed by atoms with Crippen molar-refractivity contribution < 1.29 is 23.4 Å². The second-order valence-corrected chi connectivity index (χ2v) is 11.5. The minimum Gasteiger partial charge on any atom is -0.493 e. The van der Waals surface area contributed by atoms with Gasteiger partial charge >= 0.3 is 5.91 Å². The number of hydrazone groups is 1. The van der Waals surface area contributed by atoms with E-state index in [1.165, 1.54) is 17.6 Å². The van der Waals surface area contributed by atoms with Crippen molar-refractivity contribution in [2.75, 3.05) is 7.11 Å². The molecule has 2 aromatic heterocycles. The predicted molar refractivity (Wildman–Crippen MR) is 182 cm³/mol. The molecule has 6 rings (SSSR count). The van der Waals surface area contributed by atoms with Gasteiger partial charge in [0.25, 0.3) is 0 Å². The summed E-state index contributed by atoms with van der Waals surface area (Å²) in [6, 6.07) is 33.3. The summed E-state index contributed by atoms with van der Waals surface area (Å²) in [7, 11) is 1.58. The molecule has 0 unspecified atom stereocenters. The zero-order chi connectivity index (χ0) is 32.0. The maximum atomic E-state index is 12.7. The first kappa shape index (κ1) is 30.7. The molecule has 9 heteroatoms. The van der Waals surface area contributed by atoms with Gasteiger partial charge in [0.2, 0.25) is 0 Å². The Morgan fingerprint density at radius 1 is 0.870 bits per heavy atom. The van der Waals surface area contributed by atoms with Crippen molar-refractivity contribution in [1.82, 2.24) is 9.99 Å². The Labute approximate surface area is 275 Å². The third-order valence-electron chi connectivity index (χ3n) is 7.55. The third kappa shape index (κ3) is 6.84. The highest BCUT2D eigenvalue weighted by Gasteiger charge is 2.13. The van der Waals surface area contributed by atoms with E-state index in [4.69, 9.17) is 18.6 Å². The van der Waals surface area contributed by atoms with E-state index >= 15 is 0 Å². The van der Waals surface area contributed by atoms with Gasteiger partial charge in [-0.1, -0.05) is 42.5 Å². The molecule has 1 N–H and O–H groups in total. The summed E-state index contributed by atoms with van der Waals surface area (Å²) in [5, 5.41) is 6.41. The van der Waals surface area contributed by atoms with Crippen LogP contribution in [0.15, 0.2) is 117 Å². The van der Waals surface area contributed by atoms with Crippen molar-refractivity contribution in [3.63, 3.8) is 0 Å². The SMILES string of the molecule is COc1cc(/C=N/NC(=O)c2ccc(COc3ccc(-n4c(C)ccc4C)cc3)o2)c(Br)cc1OCc1cccc2ccccc12. The quantitative estimate of drug-likeness (QED) is 0.110. The summed E-state index contributed by atoms with van der Waals surface area (Å²) < 4.78 is 26.2. The molecule has 0 bridgehead atoms. The number of aromatic nitrogens is 1. The number of nitrogens with zero attached hydrogens (tertiary/aromatic N) is 2. The van der Waals surface area contributed by atoms with Crippen molar-refractivity contribution in [2.24, 2.45) is 5.10 Å². The van der Waals surface area contributed by atoms with Crippen molar-refractivity contribution in [3.8, 4) is 22.9 Å². The lowest BCUT2D eigenvalue weighted by atomic mass is 10.1. The Morgan fingerprint density at radius 3 is 2.41 bits per heavy atom. The first-order valence-corrected chi connectivity index (χ1v) is 15.5. The largest absolute Gasteiger partial charge is 0.493 e. The Bertz CT molecular complexity index is 2000. The maximum Gasteiger partial charge on any atom is 0.307 e. The molecule has 0 saturated carbocycles. The van der Waals surface area contributed by atoms with Gasteiger partial charge in [-0.05, 0) is 107 Å². The van der Waals surface area contributed by atoms with Crippen molar-refractivity contribution in [1.29, 1.82) is 0 Å². The van der Waals surface area contributed by atoms with Crippen LogP contribution < -0.4 is 19.6 Å². The van der Waals surface area contributed by atoms with Crippen LogP contribution >= 0.6 is 15.9 Å². The van der Waals surface area contributed by atoms with E-state index in [0.29, 0.717) is 35.2 Å². The van der Waals surface area contributed by atoms with Crippen LogP contribution in [0, 0.1) is 13.8 Å². The number of hydrogen-bond donors (Lipinski definition) is 1. The number of furan rings is 1. The summed E-state index contributed by atoms with van der Waals surface area (Å²) >= 11 is 3.58. The number of ether oxygens (including phenoxy) is 3. The molecular formula is C37H32BrN3O5. The summed E-state index contributed by atoms with van der Waals surface area (Å²) in [6.45, 7) is 4.71. The average Bonchev–Trinajstić information content (AvgIpc) is 3.69. The number of rotatable bonds is 11. The Hall–Kier alpha value is -5.28. The molecule has 6 aromatic rings. The minimum atomic E-state index is -0.484. The molecule has 0 saturated heterocycles. The molecule has 0 radical (unpaired) electrons. The molecule has 4 aromatic carbocycles. The Kier molecular flexibility index (Phi) is 9.21. The molecule has 0 aliphatic rings. The van der Waals surface area contributed by atoms with Crippen LogP contribution in [0.3, 0.4) is 0 Å². The van der Waals surface area contributed by atoms with Crippen LogP contribution in [0.2, 0.25) is 0 Å². The smallest absolute Gasteiger partial charge is 0.307 e. The Balaban J connectivity index is 1.04. The van der Waals surface area contributed by atoms with Crippen LogP contribution in [0.1, 0.15) is 38.8 Å². The van der Waals surface area contributed by atoms with Gasteiger partial charge in [0.05, 0.1) is 13.3 Å². The molecular weight excluding hydrogens is 646 g/mol. The zero-order valence-electron chi connectivity index (χ0n) is 25.6. The average molecular weight is 679 g/mol. The second-order valence-electron chi connectivity index (χ2n) is 10.7.